The highest BCUT2D eigenvalue weighted by atomic mass is 19.4. The molecule has 1 aliphatic rings. The highest BCUT2D eigenvalue weighted by Gasteiger charge is 2.42. The molecule has 0 radical (unpaired) electrons. The Labute approximate surface area is 124 Å². The molecule has 0 bridgehead atoms. The maximum absolute atomic E-state index is 11.9. The van der Waals surface area contributed by atoms with Gasteiger partial charge in [0.1, 0.15) is 0 Å². The number of halogens is 3. The van der Waals surface area contributed by atoms with E-state index in [9.17, 15) is 22.8 Å². The summed E-state index contributed by atoms with van der Waals surface area (Å²) in [5, 5.41) is 2.45. The highest BCUT2D eigenvalue weighted by Crippen LogP contribution is 2.34. The van der Waals surface area contributed by atoms with Crippen molar-refractivity contribution in [1.82, 2.24) is 10.3 Å². The van der Waals surface area contributed by atoms with Gasteiger partial charge in [0.05, 0.1) is 12.6 Å². The predicted molar refractivity (Wildman–Crippen MR) is 69.6 cm³/mol. The van der Waals surface area contributed by atoms with Gasteiger partial charge in [-0.1, -0.05) is 0 Å². The number of hydrogen-bond acceptors (Lipinski definition) is 4. The van der Waals surface area contributed by atoms with E-state index in [2.05, 4.69) is 15.0 Å². The topological polar surface area (TPSA) is 68.3 Å². The molecule has 0 spiro atoms. The Kier molecular flexibility index (Phi) is 5.12. The summed E-state index contributed by atoms with van der Waals surface area (Å²) >= 11 is 0. The normalized spacial score (nSPS) is 21.0. The number of nitrogens with zero attached hydrogens (tertiary/aromatic N) is 1. The molecule has 2 rings (SSSR count). The van der Waals surface area contributed by atoms with Gasteiger partial charge in [-0.15, -0.1) is 13.2 Å². The number of rotatable bonds is 6. The summed E-state index contributed by atoms with van der Waals surface area (Å²) in [6, 6.07) is 3.40. The Morgan fingerprint density at radius 2 is 1.91 bits per heavy atom. The molecule has 1 heterocycles. The molecule has 1 amide bonds. The second-order valence-corrected chi connectivity index (χ2v) is 5.14. The first-order valence-electron chi connectivity index (χ1n) is 6.76. The number of Topliss-reactive ketones (excluding diaryl/α,β-unsaturated/α-hetero) is 1. The number of carbonyl (C=O) groups excluding carboxylic acids is 2. The van der Waals surface area contributed by atoms with Gasteiger partial charge in [0.15, 0.2) is 5.78 Å². The lowest BCUT2D eigenvalue weighted by Crippen LogP contribution is -2.45. The second kappa shape index (κ2) is 6.87. The van der Waals surface area contributed by atoms with E-state index in [4.69, 9.17) is 0 Å². The molecule has 0 saturated heterocycles. The molecule has 1 saturated carbocycles. The molecule has 5 nitrogen and oxygen atoms in total. The molecular weight excluding hydrogens is 301 g/mol. The van der Waals surface area contributed by atoms with E-state index in [1.165, 1.54) is 0 Å². The Morgan fingerprint density at radius 3 is 2.50 bits per heavy atom. The van der Waals surface area contributed by atoms with Crippen LogP contribution in [0.2, 0.25) is 0 Å². The molecule has 1 fully saturated rings. The van der Waals surface area contributed by atoms with Gasteiger partial charge < -0.3 is 5.32 Å². The minimum absolute atomic E-state index is 0.0177. The molecule has 0 aliphatic heterocycles. The quantitative estimate of drug-likeness (QED) is 0.866. The average molecular weight is 316 g/mol. The van der Waals surface area contributed by atoms with E-state index < -0.39 is 24.3 Å². The Morgan fingerprint density at radius 1 is 1.27 bits per heavy atom. The van der Waals surface area contributed by atoms with Gasteiger partial charge in [-0.05, 0) is 30.5 Å². The Hall–Kier alpha value is -1.96. The lowest BCUT2D eigenvalue weighted by Gasteiger charge is -2.34. The molecular formula is C14H15F3N2O3. The number of ketones is 1. The van der Waals surface area contributed by atoms with Crippen molar-refractivity contribution in [2.45, 2.75) is 31.7 Å². The fraction of sp³-hybridized carbons (Fsp3) is 0.500. The zero-order chi connectivity index (χ0) is 16.2. The molecule has 1 aromatic heterocycles. The van der Waals surface area contributed by atoms with E-state index >= 15 is 0 Å². The zero-order valence-electron chi connectivity index (χ0n) is 11.6. The SMILES string of the molecule is O=C(CNC(=O)C1CC(OC(F)(F)F)C1)Cc1ccncc1. The van der Waals surface area contributed by atoms with Gasteiger partial charge in [-0.3, -0.25) is 19.3 Å². The number of ether oxygens (including phenoxy) is 1. The van der Waals surface area contributed by atoms with Crippen LogP contribution in [0.15, 0.2) is 24.5 Å². The first kappa shape index (κ1) is 16.4. The van der Waals surface area contributed by atoms with Gasteiger partial charge in [0.2, 0.25) is 5.91 Å². The van der Waals surface area contributed by atoms with Crippen LogP contribution >= 0.6 is 0 Å². The van der Waals surface area contributed by atoms with Crippen molar-refractivity contribution in [2.24, 2.45) is 5.92 Å². The maximum atomic E-state index is 11.9. The minimum Gasteiger partial charge on any atom is -0.349 e. The van der Waals surface area contributed by atoms with E-state index in [1.54, 1.807) is 24.5 Å². The van der Waals surface area contributed by atoms with Crippen LogP contribution in [0, 0.1) is 5.92 Å². The smallest absolute Gasteiger partial charge is 0.349 e. The number of aromatic nitrogens is 1. The Balaban J connectivity index is 1.66. The minimum atomic E-state index is -4.67. The number of carbonyl (C=O) groups is 2. The van der Waals surface area contributed by atoms with E-state index in [0.29, 0.717) is 0 Å². The lowest BCUT2D eigenvalue weighted by molar-refractivity contribution is -0.353. The molecule has 0 aromatic carbocycles. The lowest BCUT2D eigenvalue weighted by atomic mass is 9.81. The maximum Gasteiger partial charge on any atom is 0.522 e. The van der Waals surface area contributed by atoms with Crippen LogP contribution in [0.5, 0.6) is 0 Å². The molecule has 22 heavy (non-hydrogen) atoms. The first-order valence-corrected chi connectivity index (χ1v) is 6.76. The van der Waals surface area contributed by atoms with Gasteiger partial charge in [-0.2, -0.15) is 0 Å². The van der Waals surface area contributed by atoms with Crippen LogP contribution in [-0.2, 0) is 20.7 Å². The third-order valence-electron chi connectivity index (χ3n) is 3.38. The molecule has 1 aromatic rings. The number of hydrogen-bond donors (Lipinski definition) is 1. The molecule has 0 unspecified atom stereocenters. The van der Waals surface area contributed by atoms with Crippen LogP contribution in [0.1, 0.15) is 18.4 Å². The molecule has 1 aliphatic carbocycles. The van der Waals surface area contributed by atoms with Crippen LogP contribution in [0.3, 0.4) is 0 Å². The number of pyridine rings is 1. The summed E-state index contributed by atoms with van der Waals surface area (Å²) in [5.41, 5.74) is 0.788. The van der Waals surface area contributed by atoms with Gasteiger partial charge in [0.25, 0.3) is 0 Å². The van der Waals surface area contributed by atoms with Crippen LogP contribution in [0.4, 0.5) is 13.2 Å². The van der Waals surface area contributed by atoms with Crippen molar-refractivity contribution in [1.29, 1.82) is 0 Å². The third kappa shape index (κ3) is 5.10. The van der Waals surface area contributed by atoms with E-state index in [-0.39, 0.29) is 31.6 Å². The fourth-order valence-corrected chi connectivity index (χ4v) is 2.19. The van der Waals surface area contributed by atoms with Crippen LogP contribution in [0.25, 0.3) is 0 Å². The number of alkyl halides is 3. The third-order valence-corrected chi connectivity index (χ3v) is 3.38. The van der Waals surface area contributed by atoms with Crippen molar-refractivity contribution >= 4 is 11.7 Å². The average Bonchev–Trinajstić information content (AvgIpc) is 2.40. The number of nitrogens with one attached hydrogen (secondary N) is 1. The van der Waals surface area contributed by atoms with Gasteiger partial charge >= 0.3 is 6.36 Å². The molecule has 1 N–H and O–H groups in total. The van der Waals surface area contributed by atoms with Crippen molar-refractivity contribution < 1.29 is 27.5 Å². The molecule has 120 valence electrons. The van der Waals surface area contributed by atoms with Crippen molar-refractivity contribution in [2.75, 3.05) is 6.54 Å². The number of amides is 1. The Bertz CT molecular complexity index is 528. The molecule has 0 atom stereocenters. The predicted octanol–water partition coefficient (Wildman–Crippen LogP) is 1.62. The summed E-state index contributed by atoms with van der Waals surface area (Å²) in [4.78, 5) is 27.2. The van der Waals surface area contributed by atoms with Crippen LogP contribution < -0.4 is 5.32 Å². The van der Waals surface area contributed by atoms with Crippen molar-refractivity contribution in [3.63, 3.8) is 0 Å². The first-order chi connectivity index (χ1) is 10.3. The van der Waals surface area contributed by atoms with Crippen molar-refractivity contribution in [3.8, 4) is 0 Å². The highest BCUT2D eigenvalue weighted by molar-refractivity contribution is 5.88. The summed E-state index contributed by atoms with van der Waals surface area (Å²) in [7, 11) is 0. The summed E-state index contributed by atoms with van der Waals surface area (Å²) in [6.07, 6.45) is -2.30. The summed E-state index contributed by atoms with van der Waals surface area (Å²) in [6.45, 7) is -0.136. The van der Waals surface area contributed by atoms with Gasteiger partial charge in [0, 0.05) is 24.7 Å². The zero-order valence-corrected chi connectivity index (χ0v) is 11.6. The van der Waals surface area contributed by atoms with Crippen LogP contribution in [-0.4, -0.2) is 35.7 Å². The monoisotopic (exact) mass is 316 g/mol. The molecule has 8 heteroatoms. The summed E-state index contributed by atoms with van der Waals surface area (Å²) < 4.78 is 39.6. The van der Waals surface area contributed by atoms with Crippen molar-refractivity contribution in [3.05, 3.63) is 30.1 Å². The largest absolute Gasteiger partial charge is 0.522 e. The second-order valence-electron chi connectivity index (χ2n) is 5.14. The summed E-state index contributed by atoms with van der Waals surface area (Å²) in [5.74, 6) is -1.12. The fourth-order valence-electron chi connectivity index (χ4n) is 2.19. The van der Waals surface area contributed by atoms with E-state index in [0.717, 1.165) is 5.56 Å². The van der Waals surface area contributed by atoms with E-state index in [1.807, 2.05) is 0 Å². The standard InChI is InChI=1S/C14H15F3N2O3/c15-14(16,17)22-12-6-10(7-12)13(21)19-8-11(20)5-9-1-3-18-4-2-9/h1-4,10,12H,5-8H2,(H,19,21). The van der Waals surface area contributed by atoms with Gasteiger partial charge in [-0.25, -0.2) is 0 Å².